The topological polar surface area (TPSA) is 143 Å². The minimum atomic E-state index is -1.34. The lowest BCUT2D eigenvalue weighted by molar-refractivity contribution is -0.156. The summed E-state index contributed by atoms with van der Waals surface area (Å²) >= 11 is 0. The van der Waals surface area contributed by atoms with Gasteiger partial charge >= 0.3 is 5.97 Å². The van der Waals surface area contributed by atoms with Gasteiger partial charge in [-0.15, -0.1) is 0 Å². The van der Waals surface area contributed by atoms with Gasteiger partial charge in [-0.2, -0.15) is 0 Å². The first-order valence-corrected chi connectivity index (χ1v) is 12.4. The minimum absolute atomic E-state index is 0.124. The lowest BCUT2D eigenvalue weighted by atomic mass is 10.0. The van der Waals surface area contributed by atoms with Crippen molar-refractivity contribution in [1.29, 1.82) is 0 Å². The summed E-state index contributed by atoms with van der Waals surface area (Å²) < 4.78 is 5.19. The Hall–Kier alpha value is -2.91. The normalized spacial score (nSPS) is 24.6. The lowest BCUT2D eigenvalue weighted by Crippen LogP contribution is -2.57. The van der Waals surface area contributed by atoms with Crippen LogP contribution in [0.2, 0.25) is 0 Å². The number of allylic oxidation sites excluding steroid dienone is 1. The zero-order valence-corrected chi connectivity index (χ0v) is 21.8. The molecule has 1 rings (SSSR count). The summed E-state index contributed by atoms with van der Waals surface area (Å²) in [7, 11) is 0. The molecule has 0 aromatic heterocycles. The average molecular weight is 495 g/mol. The summed E-state index contributed by atoms with van der Waals surface area (Å²) in [6.07, 6.45) is 4.65. The highest BCUT2D eigenvalue weighted by atomic mass is 16.5. The Morgan fingerprint density at radius 3 is 2.34 bits per heavy atom. The van der Waals surface area contributed by atoms with Crippen LogP contribution in [0.1, 0.15) is 73.6 Å². The summed E-state index contributed by atoms with van der Waals surface area (Å²) in [5.74, 6) is -1.99. The quantitative estimate of drug-likeness (QED) is 0.296. The molecule has 4 amide bonds. The summed E-state index contributed by atoms with van der Waals surface area (Å²) in [6.45, 7) is 11.0. The molecule has 35 heavy (non-hydrogen) atoms. The van der Waals surface area contributed by atoms with Gasteiger partial charge in [0, 0.05) is 13.5 Å². The first-order chi connectivity index (χ1) is 16.4. The second kappa shape index (κ2) is 15.2. The van der Waals surface area contributed by atoms with Gasteiger partial charge in [0.2, 0.25) is 17.7 Å². The van der Waals surface area contributed by atoms with Gasteiger partial charge in [-0.05, 0) is 56.9 Å². The third kappa shape index (κ3) is 11.9. The van der Waals surface area contributed by atoms with Crippen molar-refractivity contribution in [3.63, 3.8) is 0 Å². The Labute approximate surface area is 208 Å². The number of carbonyl (C=O) groups is 5. The van der Waals surface area contributed by atoms with Gasteiger partial charge in [-0.25, -0.2) is 0 Å². The Bertz CT molecular complexity index is 780. The van der Waals surface area contributed by atoms with Crippen molar-refractivity contribution in [3.8, 4) is 0 Å². The van der Waals surface area contributed by atoms with Gasteiger partial charge in [-0.3, -0.25) is 24.0 Å². The summed E-state index contributed by atoms with van der Waals surface area (Å²) in [5, 5.41) is 10.8. The fourth-order valence-corrected chi connectivity index (χ4v) is 3.67. The first-order valence-electron chi connectivity index (χ1n) is 12.4. The molecule has 1 heterocycles. The molecule has 10 nitrogen and oxygen atoms in total. The third-order valence-corrected chi connectivity index (χ3v) is 5.50. The molecule has 1 aliphatic rings. The van der Waals surface area contributed by atoms with E-state index in [0.29, 0.717) is 18.8 Å². The molecule has 0 bridgehead atoms. The molecule has 198 valence electrons. The molecule has 0 saturated carbocycles. The average Bonchev–Trinajstić information content (AvgIpc) is 2.75. The van der Waals surface area contributed by atoms with Crippen molar-refractivity contribution in [2.75, 3.05) is 6.54 Å². The molecular formula is C25H42N4O6. The maximum atomic E-state index is 13.0. The highest BCUT2D eigenvalue weighted by molar-refractivity contribution is 5.94. The van der Waals surface area contributed by atoms with E-state index in [1.807, 2.05) is 13.8 Å². The van der Waals surface area contributed by atoms with Crippen LogP contribution in [0.25, 0.3) is 0 Å². The maximum Gasteiger partial charge on any atom is 0.303 e. The van der Waals surface area contributed by atoms with Gasteiger partial charge in [0.1, 0.15) is 12.1 Å². The van der Waals surface area contributed by atoms with Gasteiger partial charge in [0.25, 0.3) is 5.91 Å². The molecule has 0 aromatic carbocycles. The van der Waals surface area contributed by atoms with Crippen LogP contribution < -0.4 is 21.3 Å². The zero-order chi connectivity index (χ0) is 26.5. The molecular weight excluding hydrogens is 452 g/mol. The highest BCUT2D eigenvalue weighted by Crippen LogP contribution is 2.10. The number of carbonyl (C=O) groups excluding carboxylic acids is 5. The molecule has 10 heteroatoms. The van der Waals surface area contributed by atoms with Crippen LogP contribution in [-0.4, -0.2) is 60.4 Å². The van der Waals surface area contributed by atoms with Crippen LogP contribution in [0.15, 0.2) is 12.2 Å². The van der Waals surface area contributed by atoms with Gasteiger partial charge in [0.05, 0.1) is 6.04 Å². The van der Waals surface area contributed by atoms with E-state index in [4.69, 9.17) is 4.74 Å². The van der Waals surface area contributed by atoms with Crippen LogP contribution in [0.5, 0.6) is 0 Å². The molecule has 4 atom stereocenters. The monoisotopic (exact) mass is 494 g/mol. The lowest BCUT2D eigenvalue weighted by Gasteiger charge is -2.27. The van der Waals surface area contributed by atoms with Crippen LogP contribution in [-0.2, 0) is 28.7 Å². The Morgan fingerprint density at radius 1 is 1.06 bits per heavy atom. The number of hydrogen-bond donors (Lipinski definition) is 4. The molecule has 0 aromatic rings. The molecule has 1 fully saturated rings. The van der Waals surface area contributed by atoms with Crippen LogP contribution >= 0.6 is 0 Å². The smallest absolute Gasteiger partial charge is 0.303 e. The molecule has 0 aliphatic carbocycles. The Kier molecular flexibility index (Phi) is 13.0. The maximum absolute atomic E-state index is 13.0. The molecule has 1 saturated heterocycles. The fourth-order valence-electron chi connectivity index (χ4n) is 3.67. The Morgan fingerprint density at radius 2 is 1.74 bits per heavy atom. The van der Waals surface area contributed by atoms with E-state index in [1.54, 1.807) is 6.08 Å². The van der Waals surface area contributed by atoms with Crippen molar-refractivity contribution in [2.24, 2.45) is 11.8 Å². The number of amides is 4. The van der Waals surface area contributed by atoms with Gasteiger partial charge in [-0.1, -0.05) is 33.8 Å². The van der Waals surface area contributed by atoms with E-state index in [1.165, 1.54) is 13.0 Å². The second-order valence-electron chi connectivity index (χ2n) is 9.89. The third-order valence-electron chi connectivity index (χ3n) is 5.50. The largest absolute Gasteiger partial charge is 0.450 e. The summed E-state index contributed by atoms with van der Waals surface area (Å²) in [6, 6.07) is -2.59. The van der Waals surface area contributed by atoms with Crippen molar-refractivity contribution in [1.82, 2.24) is 21.3 Å². The number of esters is 1. The van der Waals surface area contributed by atoms with Crippen molar-refractivity contribution >= 4 is 29.6 Å². The first kappa shape index (κ1) is 30.1. The Balaban J connectivity index is 3.07. The highest BCUT2D eigenvalue weighted by Gasteiger charge is 2.34. The van der Waals surface area contributed by atoms with E-state index in [0.717, 1.165) is 19.8 Å². The van der Waals surface area contributed by atoms with Gasteiger partial charge < -0.3 is 26.0 Å². The van der Waals surface area contributed by atoms with E-state index in [2.05, 4.69) is 35.1 Å². The van der Waals surface area contributed by atoms with Crippen LogP contribution in [0, 0.1) is 11.8 Å². The molecule has 0 radical (unpaired) electrons. The van der Waals surface area contributed by atoms with Crippen molar-refractivity contribution < 1.29 is 28.7 Å². The number of rotatable bonds is 8. The van der Waals surface area contributed by atoms with Crippen LogP contribution in [0.3, 0.4) is 0 Å². The molecule has 4 N–H and O–H groups in total. The second-order valence-corrected chi connectivity index (χ2v) is 9.89. The predicted octanol–water partition coefficient (Wildman–Crippen LogP) is 1.34. The fraction of sp³-hybridized carbons (Fsp3) is 0.720. The molecule has 1 aliphatic heterocycles. The SMILES string of the molecule is CC(=O)O[C@H]1C(=O)N[C@@H](CC(C)C)C(=O)NCCC[C@H](NC(=O)/C=C/CCC(C)C)C(=O)N[C@H]1C. The van der Waals surface area contributed by atoms with Crippen molar-refractivity contribution in [2.45, 2.75) is 97.9 Å². The van der Waals surface area contributed by atoms with Crippen molar-refractivity contribution in [3.05, 3.63) is 12.2 Å². The molecule has 0 spiro atoms. The van der Waals surface area contributed by atoms with Gasteiger partial charge in [0.15, 0.2) is 6.10 Å². The van der Waals surface area contributed by atoms with E-state index in [-0.39, 0.29) is 24.8 Å². The standard InChI is InChI=1S/C25H42N4O6/c1-15(2)10-7-8-12-21(31)28-19-11-9-13-26-23(32)20(14-16(3)4)29-25(34)22(35-18(6)30)17(5)27-24(19)33/h8,12,15-17,19-20,22H,7,9-11,13-14H2,1-6H3,(H,26,32)(H,27,33)(H,28,31)(H,29,34)/b12-8+/t17-,19-,20-,22+/m0/s1. The van der Waals surface area contributed by atoms with E-state index in [9.17, 15) is 24.0 Å². The summed E-state index contributed by atoms with van der Waals surface area (Å²) in [5.41, 5.74) is 0. The summed E-state index contributed by atoms with van der Waals surface area (Å²) in [4.78, 5) is 62.7. The molecule has 0 unspecified atom stereocenters. The number of hydrogen-bond acceptors (Lipinski definition) is 6. The zero-order valence-electron chi connectivity index (χ0n) is 21.8. The van der Waals surface area contributed by atoms with E-state index >= 15 is 0 Å². The predicted molar refractivity (Wildman–Crippen MR) is 132 cm³/mol. The van der Waals surface area contributed by atoms with Crippen LogP contribution in [0.4, 0.5) is 0 Å². The number of ether oxygens (including phenoxy) is 1. The number of nitrogens with one attached hydrogen (secondary N) is 4. The van der Waals surface area contributed by atoms with E-state index < -0.39 is 47.9 Å². The minimum Gasteiger partial charge on any atom is -0.450 e.